The van der Waals surface area contributed by atoms with Gasteiger partial charge in [-0.3, -0.25) is 0 Å². The van der Waals surface area contributed by atoms with Gasteiger partial charge in [-0.15, -0.1) is 0 Å². The van der Waals surface area contributed by atoms with Crippen LogP contribution in [0.25, 0.3) is 0 Å². The molecule has 3 rings (SSSR count). The lowest BCUT2D eigenvalue weighted by Crippen LogP contribution is -2.40. The molecule has 0 amide bonds. The van der Waals surface area contributed by atoms with Gasteiger partial charge >= 0.3 is 0 Å². The number of ether oxygens (including phenoxy) is 1. The third kappa shape index (κ3) is 2.97. The van der Waals surface area contributed by atoms with Gasteiger partial charge in [0.1, 0.15) is 0 Å². The number of β-amino-alcohol motifs (C(OH)–C–C–N with tert-alkyl or cyclic N) is 1. The van der Waals surface area contributed by atoms with Crippen molar-refractivity contribution in [1.29, 1.82) is 0 Å². The average Bonchev–Trinajstić information content (AvgIpc) is 2.74. The summed E-state index contributed by atoms with van der Waals surface area (Å²) in [6.07, 6.45) is 9.12. The van der Waals surface area contributed by atoms with E-state index in [4.69, 9.17) is 4.74 Å². The highest BCUT2D eigenvalue weighted by Crippen LogP contribution is 2.66. The predicted molar refractivity (Wildman–Crippen MR) is 89.9 cm³/mol. The Morgan fingerprint density at radius 1 is 1.14 bits per heavy atom. The Bertz CT molecular complexity index is 376. The summed E-state index contributed by atoms with van der Waals surface area (Å²) in [5.41, 5.74) is 0.702. The average molecular weight is 309 g/mol. The molecule has 2 bridgehead atoms. The number of aliphatic hydroxyl groups excluding tert-OH is 1. The minimum atomic E-state index is -0.330. The van der Waals surface area contributed by atoms with Crippen molar-refractivity contribution in [3.63, 3.8) is 0 Å². The summed E-state index contributed by atoms with van der Waals surface area (Å²) in [7, 11) is 0. The van der Waals surface area contributed by atoms with Gasteiger partial charge in [0.05, 0.1) is 18.8 Å². The number of hydrogen-bond acceptors (Lipinski definition) is 3. The molecule has 4 atom stereocenters. The van der Waals surface area contributed by atoms with E-state index in [1.54, 1.807) is 0 Å². The summed E-state index contributed by atoms with van der Waals surface area (Å²) in [4.78, 5) is 2.42. The predicted octanol–water partition coefficient (Wildman–Crippen LogP) is 3.45. The third-order valence-corrected chi connectivity index (χ3v) is 7.37. The lowest BCUT2D eigenvalue weighted by atomic mass is 9.70. The van der Waals surface area contributed by atoms with Gasteiger partial charge < -0.3 is 14.7 Å². The minimum absolute atomic E-state index is 0.306. The van der Waals surface area contributed by atoms with Gasteiger partial charge in [-0.1, -0.05) is 33.6 Å². The van der Waals surface area contributed by atoms with Gasteiger partial charge in [-0.25, -0.2) is 0 Å². The molecule has 3 nitrogen and oxygen atoms in total. The third-order valence-electron chi connectivity index (χ3n) is 7.37. The number of likely N-dealkylation sites (tertiary alicyclic amines) is 1. The van der Waals surface area contributed by atoms with E-state index in [1.165, 1.54) is 44.9 Å². The molecule has 1 N–H and O–H groups in total. The lowest BCUT2D eigenvalue weighted by molar-refractivity contribution is -0.0791. The van der Waals surface area contributed by atoms with Gasteiger partial charge in [-0.2, -0.15) is 0 Å². The maximum atomic E-state index is 10.4. The molecular weight excluding hydrogens is 274 g/mol. The van der Waals surface area contributed by atoms with Crippen LogP contribution < -0.4 is 0 Å². The fourth-order valence-electron chi connectivity index (χ4n) is 5.28. The highest BCUT2D eigenvalue weighted by atomic mass is 16.5. The fourth-order valence-corrected chi connectivity index (χ4v) is 5.28. The Balaban J connectivity index is 1.46. The van der Waals surface area contributed by atoms with Crippen molar-refractivity contribution in [2.75, 3.05) is 26.2 Å². The second-order valence-electron chi connectivity index (χ2n) is 8.80. The molecule has 0 unspecified atom stereocenters. The molecule has 1 saturated heterocycles. The zero-order valence-electron chi connectivity index (χ0n) is 14.8. The number of fused-ring (bicyclic) bond motifs is 2. The molecular formula is C19H35NO2. The Morgan fingerprint density at radius 3 is 2.36 bits per heavy atom. The van der Waals surface area contributed by atoms with Crippen LogP contribution in [0, 0.1) is 16.7 Å². The number of nitrogens with zero attached hydrogens (tertiary/aromatic N) is 1. The van der Waals surface area contributed by atoms with Crippen LogP contribution in [-0.4, -0.2) is 48.5 Å². The van der Waals surface area contributed by atoms with Crippen molar-refractivity contribution in [3.8, 4) is 0 Å². The zero-order valence-corrected chi connectivity index (χ0v) is 14.8. The smallest absolute Gasteiger partial charge is 0.0900 e. The van der Waals surface area contributed by atoms with Crippen LogP contribution in [0.3, 0.4) is 0 Å². The molecule has 3 fully saturated rings. The molecule has 0 aromatic heterocycles. The standard InChI is InChI=1S/C19H35NO2/c1-18(2)15-8-9-19(18,3)17(12-15)22-14-16(21)13-20-10-6-4-5-7-11-20/h15-17,21H,4-14H2,1-3H3/t15-,16-,17+,19-/m0/s1. The molecule has 1 aliphatic heterocycles. The molecule has 2 aliphatic carbocycles. The molecule has 3 heteroatoms. The van der Waals surface area contributed by atoms with Crippen molar-refractivity contribution in [1.82, 2.24) is 4.90 Å². The Hall–Kier alpha value is -0.120. The first-order chi connectivity index (χ1) is 10.4. The molecule has 0 radical (unpaired) electrons. The van der Waals surface area contributed by atoms with Crippen molar-refractivity contribution < 1.29 is 9.84 Å². The number of rotatable bonds is 5. The fraction of sp³-hybridized carbons (Fsp3) is 1.00. The van der Waals surface area contributed by atoms with Gasteiger partial charge in [0.25, 0.3) is 0 Å². The molecule has 0 aromatic rings. The summed E-state index contributed by atoms with van der Waals surface area (Å²) in [6.45, 7) is 10.8. The van der Waals surface area contributed by atoms with E-state index < -0.39 is 0 Å². The molecule has 128 valence electrons. The first-order valence-electron chi connectivity index (χ1n) is 9.45. The lowest BCUT2D eigenvalue weighted by Gasteiger charge is -2.39. The van der Waals surface area contributed by atoms with Crippen LogP contribution in [0.4, 0.5) is 0 Å². The Morgan fingerprint density at radius 2 is 1.82 bits per heavy atom. The van der Waals surface area contributed by atoms with Crippen molar-refractivity contribution >= 4 is 0 Å². The van der Waals surface area contributed by atoms with Crippen LogP contribution in [-0.2, 0) is 4.74 Å². The summed E-state index contributed by atoms with van der Waals surface area (Å²) >= 11 is 0. The van der Waals surface area contributed by atoms with Gasteiger partial charge in [0.15, 0.2) is 0 Å². The van der Waals surface area contributed by atoms with Gasteiger partial charge in [0, 0.05) is 6.54 Å². The van der Waals surface area contributed by atoms with Crippen LogP contribution in [0.5, 0.6) is 0 Å². The van der Waals surface area contributed by atoms with Gasteiger partial charge in [0.2, 0.25) is 0 Å². The minimum Gasteiger partial charge on any atom is -0.389 e. The summed E-state index contributed by atoms with van der Waals surface area (Å²) < 4.78 is 6.23. The van der Waals surface area contributed by atoms with Crippen molar-refractivity contribution in [3.05, 3.63) is 0 Å². The molecule has 1 heterocycles. The maximum absolute atomic E-state index is 10.4. The van der Waals surface area contributed by atoms with E-state index in [-0.39, 0.29) is 6.10 Å². The van der Waals surface area contributed by atoms with E-state index >= 15 is 0 Å². The second-order valence-corrected chi connectivity index (χ2v) is 8.80. The van der Waals surface area contributed by atoms with Crippen LogP contribution in [0.1, 0.15) is 65.7 Å². The zero-order chi connectivity index (χ0) is 15.8. The largest absolute Gasteiger partial charge is 0.389 e. The molecule has 0 aromatic carbocycles. The number of aliphatic hydroxyl groups is 1. The van der Waals surface area contributed by atoms with Crippen molar-refractivity contribution in [2.45, 2.75) is 77.9 Å². The highest BCUT2D eigenvalue weighted by Gasteiger charge is 2.61. The van der Waals surface area contributed by atoms with E-state index in [9.17, 15) is 5.11 Å². The quantitative estimate of drug-likeness (QED) is 0.844. The number of hydrogen-bond donors (Lipinski definition) is 1. The van der Waals surface area contributed by atoms with Crippen LogP contribution in [0.2, 0.25) is 0 Å². The Kier molecular flexibility index (Phi) is 4.87. The molecule has 3 aliphatic rings. The van der Waals surface area contributed by atoms with E-state index in [1.807, 2.05) is 0 Å². The van der Waals surface area contributed by atoms with Crippen LogP contribution in [0.15, 0.2) is 0 Å². The van der Waals surface area contributed by atoms with Crippen LogP contribution >= 0.6 is 0 Å². The van der Waals surface area contributed by atoms with E-state index in [0.29, 0.717) is 23.5 Å². The molecule has 22 heavy (non-hydrogen) atoms. The van der Waals surface area contributed by atoms with E-state index in [2.05, 4.69) is 25.7 Å². The summed E-state index contributed by atoms with van der Waals surface area (Å²) in [6, 6.07) is 0. The second kappa shape index (κ2) is 6.41. The topological polar surface area (TPSA) is 32.7 Å². The normalized spacial score (nSPS) is 39.8. The monoisotopic (exact) mass is 309 g/mol. The highest BCUT2D eigenvalue weighted by molar-refractivity contribution is 5.11. The SMILES string of the molecule is CC1(C)[C@H]2CC[C@@]1(C)[C@H](OC[C@@H](O)CN1CCCCCC1)C2. The summed E-state index contributed by atoms with van der Waals surface area (Å²) in [5.74, 6) is 0.810. The summed E-state index contributed by atoms with van der Waals surface area (Å²) in [5, 5.41) is 10.4. The first-order valence-corrected chi connectivity index (χ1v) is 9.45. The molecule has 2 saturated carbocycles. The molecule has 0 spiro atoms. The van der Waals surface area contributed by atoms with E-state index in [0.717, 1.165) is 25.6 Å². The van der Waals surface area contributed by atoms with Crippen molar-refractivity contribution in [2.24, 2.45) is 16.7 Å². The van der Waals surface area contributed by atoms with Gasteiger partial charge in [-0.05, 0) is 61.9 Å². The Labute approximate surface area is 136 Å². The maximum Gasteiger partial charge on any atom is 0.0900 e. The first kappa shape index (κ1) is 16.7.